The minimum atomic E-state index is -4.81. The quantitative estimate of drug-likeness (QED) is 0.688. The van der Waals surface area contributed by atoms with Crippen LogP contribution in [0.25, 0.3) is 0 Å². The van der Waals surface area contributed by atoms with Gasteiger partial charge in [-0.3, -0.25) is 4.79 Å². The second-order valence-electron chi connectivity index (χ2n) is 6.49. The normalized spacial score (nSPS) is 18.7. The van der Waals surface area contributed by atoms with E-state index in [-0.39, 0.29) is 12.2 Å². The first-order valence-corrected chi connectivity index (χ1v) is 8.86. The molecule has 0 bridgehead atoms. The molecule has 0 saturated carbocycles. The van der Waals surface area contributed by atoms with E-state index in [4.69, 9.17) is 0 Å². The number of alkyl halides is 6. The Balaban J connectivity index is 1.71. The van der Waals surface area contributed by atoms with Gasteiger partial charge in [0.2, 0.25) is 0 Å². The van der Waals surface area contributed by atoms with Crippen molar-refractivity contribution < 1.29 is 35.9 Å². The monoisotopic (exact) mass is 433 g/mol. The molecule has 2 heterocycles. The molecule has 3 rings (SSSR count). The van der Waals surface area contributed by atoms with Crippen molar-refractivity contribution in [3.8, 4) is 5.75 Å². The van der Waals surface area contributed by atoms with Crippen LogP contribution in [0.3, 0.4) is 0 Å². The summed E-state index contributed by atoms with van der Waals surface area (Å²) in [6.45, 7) is 1.72. The van der Waals surface area contributed by atoms with Crippen molar-refractivity contribution in [2.75, 3.05) is 0 Å². The lowest BCUT2D eigenvalue weighted by Gasteiger charge is -2.27. The third-order valence-corrected chi connectivity index (χ3v) is 4.41. The summed E-state index contributed by atoms with van der Waals surface area (Å²) < 4.78 is 79.5. The van der Waals surface area contributed by atoms with Crippen LogP contribution in [0.15, 0.2) is 59.6 Å². The maximum Gasteiger partial charge on any atom is 0.573 e. The van der Waals surface area contributed by atoms with Crippen molar-refractivity contribution >= 4 is 5.91 Å². The zero-order valence-electron chi connectivity index (χ0n) is 15.6. The van der Waals surface area contributed by atoms with Gasteiger partial charge < -0.3 is 20.3 Å². The molecule has 1 atom stereocenters. The standard InChI is InChI=1S/C19H17F6N3O2/c1-2-14-16(28-10-12(18(20,21)22)5-8-15(28)27-14)17(29)26-9-11-3-6-13(7-4-11)30-19(23,24)25/h3-8,10,15,27H,2,9H2,1H3,(H,26,29). The molecule has 1 amide bonds. The molecule has 0 spiro atoms. The van der Waals surface area contributed by atoms with E-state index < -0.39 is 35.9 Å². The first-order chi connectivity index (χ1) is 14.0. The molecule has 0 aromatic heterocycles. The molecular weight excluding hydrogens is 416 g/mol. The second kappa shape index (κ2) is 7.96. The Bertz CT molecular complexity index is 900. The summed E-state index contributed by atoms with van der Waals surface area (Å²) in [6.07, 6.45) is -6.44. The predicted octanol–water partition coefficient (Wildman–Crippen LogP) is 4.07. The molecule has 30 heavy (non-hydrogen) atoms. The van der Waals surface area contributed by atoms with E-state index in [2.05, 4.69) is 15.4 Å². The number of nitrogens with zero attached hydrogens (tertiary/aromatic N) is 1. The minimum absolute atomic E-state index is 0.0319. The van der Waals surface area contributed by atoms with Gasteiger partial charge >= 0.3 is 12.5 Å². The maximum absolute atomic E-state index is 13.0. The van der Waals surface area contributed by atoms with Gasteiger partial charge in [0, 0.05) is 18.4 Å². The largest absolute Gasteiger partial charge is 0.573 e. The molecule has 1 aromatic rings. The first kappa shape index (κ1) is 21.6. The Morgan fingerprint density at radius 1 is 1.17 bits per heavy atom. The Morgan fingerprint density at radius 2 is 1.83 bits per heavy atom. The number of carbonyl (C=O) groups excluding carboxylic acids is 1. The van der Waals surface area contributed by atoms with Crippen LogP contribution in [0, 0.1) is 0 Å². The van der Waals surface area contributed by atoms with Gasteiger partial charge in [-0.1, -0.05) is 19.1 Å². The first-order valence-electron chi connectivity index (χ1n) is 8.86. The summed E-state index contributed by atoms with van der Waals surface area (Å²) in [5, 5.41) is 5.58. The zero-order chi connectivity index (χ0) is 22.1. The molecule has 2 aliphatic rings. The van der Waals surface area contributed by atoms with E-state index in [9.17, 15) is 31.1 Å². The number of fused-ring (bicyclic) bond motifs is 1. The van der Waals surface area contributed by atoms with Crippen molar-refractivity contribution in [1.29, 1.82) is 0 Å². The number of nitrogens with one attached hydrogen (secondary N) is 2. The van der Waals surface area contributed by atoms with E-state index in [1.165, 1.54) is 23.1 Å². The fourth-order valence-electron chi connectivity index (χ4n) is 3.05. The highest BCUT2D eigenvalue weighted by molar-refractivity contribution is 5.94. The summed E-state index contributed by atoms with van der Waals surface area (Å²) in [4.78, 5) is 13.9. The lowest BCUT2D eigenvalue weighted by molar-refractivity contribution is -0.274. The zero-order valence-corrected chi connectivity index (χ0v) is 15.6. The molecule has 1 aromatic carbocycles. The average molecular weight is 433 g/mol. The average Bonchev–Trinajstić information content (AvgIpc) is 3.03. The van der Waals surface area contributed by atoms with Crippen LogP contribution in [0.1, 0.15) is 18.9 Å². The summed E-state index contributed by atoms with van der Waals surface area (Å²) >= 11 is 0. The predicted molar refractivity (Wildman–Crippen MR) is 94.3 cm³/mol. The van der Waals surface area contributed by atoms with E-state index in [0.717, 1.165) is 24.4 Å². The number of allylic oxidation sites excluding steroid dienone is 3. The van der Waals surface area contributed by atoms with Crippen LogP contribution in [-0.4, -0.2) is 29.5 Å². The number of halogens is 6. The van der Waals surface area contributed by atoms with Crippen molar-refractivity contribution in [2.24, 2.45) is 0 Å². The van der Waals surface area contributed by atoms with Gasteiger partial charge in [0.15, 0.2) is 0 Å². The molecule has 5 nitrogen and oxygen atoms in total. The second-order valence-corrected chi connectivity index (χ2v) is 6.49. The summed E-state index contributed by atoms with van der Waals surface area (Å²) in [5.74, 6) is -1.01. The highest BCUT2D eigenvalue weighted by atomic mass is 19.4. The minimum Gasteiger partial charge on any atom is -0.406 e. The number of benzene rings is 1. The van der Waals surface area contributed by atoms with Crippen LogP contribution < -0.4 is 15.4 Å². The molecule has 11 heteroatoms. The van der Waals surface area contributed by atoms with Crippen LogP contribution in [-0.2, 0) is 11.3 Å². The molecule has 2 N–H and O–H groups in total. The van der Waals surface area contributed by atoms with Gasteiger partial charge in [-0.05, 0) is 36.3 Å². The topological polar surface area (TPSA) is 53.6 Å². The third-order valence-electron chi connectivity index (χ3n) is 4.41. The fourth-order valence-corrected chi connectivity index (χ4v) is 3.05. The van der Waals surface area contributed by atoms with E-state index in [1.807, 2.05) is 0 Å². The van der Waals surface area contributed by atoms with Crippen LogP contribution in [0.5, 0.6) is 5.75 Å². The van der Waals surface area contributed by atoms with E-state index in [0.29, 0.717) is 17.7 Å². The van der Waals surface area contributed by atoms with Crippen molar-refractivity contribution in [3.05, 3.63) is 65.1 Å². The molecule has 0 fully saturated rings. The summed E-state index contributed by atoms with van der Waals surface area (Å²) in [6, 6.07) is 4.90. The van der Waals surface area contributed by atoms with Gasteiger partial charge in [0.05, 0.1) is 5.57 Å². The van der Waals surface area contributed by atoms with Crippen LogP contribution >= 0.6 is 0 Å². The lowest BCUT2D eigenvalue weighted by atomic mass is 10.1. The number of rotatable bonds is 5. The number of amides is 1. The van der Waals surface area contributed by atoms with Gasteiger partial charge in [-0.25, -0.2) is 0 Å². The van der Waals surface area contributed by atoms with Gasteiger partial charge in [0.25, 0.3) is 5.91 Å². The van der Waals surface area contributed by atoms with Crippen molar-refractivity contribution in [3.63, 3.8) is 0 Å². The number of hydrogen-bond acceptors (Lipinski definition) is 4. The molecular formula is C19H17F6N3O2. The fraction of sp³-hybridized carbons (Fsp3) is 0.316. The maximum atomic E-state index is 13.0. The Morgan fingerprint density at radius 3 is 2.40 bits per heavy atom. The highest BCUT2D eigenvalue weighted by Crippen LogP contribution is 2.34. The Kier molecular flexibility index (Phi) is 5.73. The molecule has 1 unspecified atom stereocenters. The number of ether oxygens (including phenoxy) is 1. The smallest absolute Gasteiger partial charge is 0.406 e. The van der Waals surface area contributed by atoms with Crippen LogP contribution in [0.4, 0.5) is 26.3 Å². The highest BCUT2D eigenvalue weighted by Gasteiger charge is 2.39. The van der Waals surface area contributed by atoms with Gasteiger partial charge in [-0.15, -0.1) is 13.2 Å². The number of hydrogen-bond donors (Lipinski definition) is 2. The Labute approximate surface area is 167 Å². The van der Waals surface area contributed by atoms with Crippen molar-refractivity contribution in [1.82, 2.24) is 15.5 Å². The summed E-state index contributed by atoms with van der Waals surface area (Å²) in [7, 11) is 0. The van der Waals surface area contributed by atoms with E-state index in [1.54, 1.807) is 6.92 Å². The SMILES string of the molecule is CCC1=C(C(=O)NCc2ccc(OC(F)(F)F)cc2)N2C=C(C(F)(F)F)C=CC2N1. The molecule has 0 radical (unpaired) electrons. The van der Waals surface area contributed by atoms with E-state index >= 15 is 0 Å². The third kappa shape index (κ3) is 4.89. The molecule has 0 saturated heterocycles. The Hall–Kier alpha value is -3.11. The number of carbonyl (C=O) groups is 1. The molecule has 2 aliphatic heterocycles. The van der Waals surface area contributed by atoms with Crippen molar-refractivity contribution in [2.45, 2.75) is 38.6 Å². The van der Waals surface area contributed by atoms with Gasteiger partial charge in [0.1, 0.15) is 17.6 Å². The summed E-state index contributed by atoms with van der Waals surface area (Å²) in [5.41, 5.74) is 0.147. The van der Waals surface area contributed by atoms with Crippen LogP contribution in [0.2, 0.25) is 0 Å². The molecule has 162 valence electrons. The lowest BCUT2D eigenvalue weighted by Crippen LogP contribution is -2.38. The van der Waals surface area contributed by atoms with Gasteiger partial charge in [-0.2, -0.15) is 13.2 Å². The molecule has 0 aliphatic carbocycles.